The Morgan fingerprint density at radius 2 is 1.76 bits per heavy atom. The molecule has 2 aromatic carbocycles. The summed E-state index contributed by atoms with van der Waals surface area (Å²) < 4.78 is 7.97. The first-order valence-corrected chi connectivity index (χ1v) is 10.9. The lowest BCUT2D eigenvalue weighted by atomic mass is 10.2. The monoisotopic (exact) mass is 461 g/mol. The second-order valence-electron chi connectivity index (χ2n) is 7.76. The number of ether oxygens (including phenoxy) is 1. The number of urea groups is 1. The number of rotatable bonds is 7. The van der Waals surface area contributed by atoms with Crippen LogP contribution in [0.25, 0.3) is 11.8 Å². The number of amides is 3. The summed E-state index contributed by atoms with van der Waals surface area (Å²) in [5, 5.41) is 3.34. The minimum Gasteiger partial charge on any atom is -0.489 e. The van der Waals surface area contributed by atoms with Gasteiger partial charge in [0.25, 0.3) is 5.91 Å². The first-order chi connectivity index (χ1) is 15.9. The van der Waals surface area contributed by atoms with Crippen LogP contribution in [0.2, 0.25) is 5.02 Å². The van der Waals surface area contributed by atoms with Crippen molar-refractivity contribution in [2.45, 2.75) is 20.5 Å². The molecule has 0 bridgehead atoms. The standard InChI is InChI=1S/C26H24ClN3O3/c1-4-13-29-25(31)24(28-26(29)32)15-20-14-17(2)30(18(20)3)22-9-11-23(12-10-22)33-16-19-5-7-21(27)8-6-19/h4-12,14-15H,1,13,16H2,2-3H3,(H,28,32)/b24-15+. The average Bonchev–Trinajstić information content (AvgIpc) is 3.23. The predicted octanol–water partition coefficient (Wildman–Crippen LogP) is 5.41. The number of aryl methyl sites for hydroxylation is 1. The van der Waals surface area contributed by atoms with E-state index in [9.17, 15) is 9.59 Å². The molecule has 1 aromatic heterocycles. The Kier molecular flexibility index (Phi) is 6.38. The Morgan fingerprint density at radius 3 is 2.42 bits per heavy atom. The van der Waals surface area contributed by atoms with Crippen LogP contribution in [0.5, 0.6) is 5.75 Å². The largest absolute Gasteiger partial charge is 0.489 e. The number of hydrogen-bond acceptors (Lipinski definition) is 3. The molecular formula is C26H24ClN3O3. The molecule has 0 aliphatic carbocycles. The summed E-state index contributed by atoms with van der Waals surface area (Å²) in [6.07, 6.45) is 3.24. The molecule has 3 amide bonds. The maximum Gasteiger partial charge on any atom is 0.329 e. The second-order valence-corrected chi connectivity index (χ2v) is 8.20. The van der Waals surface area contributed by atoms with Gasteiger partial charge in [-0.3, -0.25) is 9.69 Å². The van der Waals surface area contributed by atoms with E-state index in [0.717, 1.165) is 38.9 Å². The molecule has 1 aliphatic rings. The van der Waals surface area contributed by atoms with Gasteiger partial charge in [0.1, 0.15) is 18.1 Å². The second kappa shape index (κ2) is 9.38. The molecule has 0 spiro atoms. The van der Waals surface area contributed by atoms with Crippen molar-refractivity contribution in [3.63, 3.8) is 0 Å². The molecule has 6 nitrogen and oxygen atoms in total. The number of nitrogens with zero attached hydrogens (tertiary/aromatic N) is 2. The van der Waals surface area contributed by atoms with E-state index in [1.807, 2.05) is 68.4 Å². The lowest BCUT2D eigenvalue weighted by molar-refractivity contribution is -0.122. The Balaban J connectivity index is 1.52. The molecule has 1 fully saturated rings. The van der Waals surface area contributed by atoms with Gasteiger partial charge in [-0.1, -0.05) is 29.8 Å². The number of nitrogens with one attached hydrogen (secondary N) is 1. The Labute approximate surface area is 197 Å². The van der Waals surface area contributed by atoms with Gasteiger partial charge in [0.2, 0.25) is 0 Å². The van der Waals surface area contributed by atoms with E-state index in [0.29, 0.717) is 11.6 Å². The fourth-order valence-corrected chi connectivity index (χ4v) is 3.92. The van der Waals surface area contributed by atoms with E-state index in [1.165, 1.54) is 6.08 Å². The van der Waals surface area contributed by atoms with Gasteiger partial charge in [-0.25, -0.2) is 4.79 Å². The molecule has 1 aliphatic heterocycles. The molecule has 0 atom stereocenters. The van der Waals surface area contributed by atoms with Crippen LogP contribution >= 0.6 is 11.6 Å². The summed E-state index contributed by atoms with van der Waals surface area (Å²) in [7, 11) is 0. The van der Waals surface area contributed by atoms with Gasteiger partial charge in [0, 0.05) is 28.6 Å². The van der Waals surface area contributed by atoms with Crippen LogP contribution in [0.4, 0.5) is 4.79 Å². The quantitative estimate of drug-likeness (QED) is 0.291. The van der Waals surface area contributed by atoms with Crippen LogP contribution in [0.15, 0.2) is 72.9 Å². The zero-order valence-electron chi connectivity index (χ0n) is 18.5. The third-order valence-electron chi connectivity index (χ3n) is 5.46. The fraction of sp³-hybridized carbons (Fsp3) is 0.154. The first-order valence-electron chi connectivity index (χ1n) is 10.5. The van der Waals surface area contributed by atoms with E-state index in [4.69, 9.17) is 16.3 Å². The number of carbonyl (C=O) groups excluding carboxylic acids is 2. The molecular weight excluding hydrogens is 438 g/mol. The van der Waals surface area contributed by atoms with Crippen molar-refractivity contribution in [2.24, 2.45) is 0 Å². The van der Waals surface area contributed by atoms with Crippen LogP contribution in [-0.2, 0) is 11.4 Å². The van der Waals surface area contributed by atoms with E-state index < -0.39 is 6.03 Å². The normalized spacial score (nSPS) is 14.6. The lowest BCUT2D eigenvalue weighted by Crippen LogP contribution is -2.30. The van der Waals surface area contributed by atoms with Gasteiger partial charge < -0.3 is 14.6 Å². The van der Waals surface area contributed by atoms with Gasteiger partial charge in [-0.15, -0.1) is 6.58 Å². The van der Waals surface area contributed by atoms with Gasteiger partial charge in [0.15, 0.2) is 0 Å². The predicted molar refractivity (Wildman–Crippen MR) is 129 cm³/mol. The molecule has 3 aromatic rings. The molecule has 1 N–H and O–H groups in total. The van der Waals surface area contributed by atoms with Crippen molar-refractivity contribution in [1.29, 1.82) is 0 Å². The number of carbonyl (C=O) groups is 2. The topological polar surface area (TPSA) is 63.6 Å². The lowest BCUT2D eigenvalue weighted by Gasteiger charge is -2.12. The maximum absolute atomic E-state index is 12.5. The summed E-state index contributed by atoms with van der Waals surface area (Å²) in [5.41, 5.74) is 5.10. The highest BCUT2D eigenvalue weighted by Crippen LogP contribution is 2.25. The number of imide groups is 1. The SMILES string of the molecule is C=CCN1C(=O)N/C(=C/c2cc(C)n(-c3ccc(OCc4ccc(Cl)cc4)cc3)c2C)C1=O. The highest BCUT2D eigenvalue weighted by Gasteiger charge is 2.32. The summed E-state index contributed by atoms with van der Waals surface area (Å²) >= 11 is 5.92. The van der Waals surface area contributed by atoms with E-state index in [2.05, 4.69) is 16.5 Å². The highest BCUT2D eigenvalue weighted by molar-refractivity contribution is 6.30. The van der Waals surface area contributed by atoms with Crippen molar-refractivity contribution in [3.05, 3.63) is 100 Å². The van der Waals surface area contributed by atoms with Crippen molar-refractivity contribution in [3.8, 4) is 11.4 Å². The molecule has 2 heterocycles. The first kappa shape index (κ1) is 22.4. The van der Waals surface area contributed by atoms with E-state index in [1.54, 1.807) is 6.08 Å². The Morgan fingerprint density at radius 1 is 1.06 bits per heavy atom. The molecule has 4 rings (SSSR count). The van der Waals surface area contributed by atoms with Crippen LogP contribution in [0.3, 0.4) is 0 Å². The molecule has 0 saturated carbocycles. The van der Waals surface area contributed by atoms with Crippen molar-refractivity contribution < 1.29 is 14.3 Å². The summed E-state index contributed by atoms with van der Waals surface area (Å²) in [5.74, 6) is 0.409. The van der Waals surface area contributed by atoms with E-state index >= 15 is 0 Å². The number of halogens is 1. The molecule has 0 unspecified atom stereocenters. The number of benzene rings is 2. The van der Waals surface area contributed by atoms with Gasteiger partial charge >= 0.3 is 6.03 Å². The minimum atomic E-state index is -0.436. The molecule has 168 valence electrons. The third-order valence-corrected chi connectivity index (χ3v) is 5.71. The Hall–Kier alpha value is -3.77. The molecule has 1 saturated heterocycles. The van der Waals surface area contributed by atoms with Crippen molar-refractivity contribution >= 4 is 29.6 Å². The molecule has 33 heavy (non-hydrogen) atoms. The van der Waals surface area contributed by atoms with Crippen LogP contribution in [-0.4, -0.2) is 28.0 Å². The van der Waals surface area contributed by atoms with Crippen LogP contribution in [0, 0.1) is 13.8 Å². The number of aromatic nitrogens is 1. The van der Waals surface area contributed by atoms with E-state index in [-0.39, 0.29) is 18.1 Å². The van der Waals surface area contributed by atoms with Crippen LogP contribution in [0.1, 0.15) is 22.5 Å². The van der Waals surface area contributed by atoms with Crippen molar-refractivity contribution in [1.82, 2.24) is 14.8 Å². The minimum absolute atomic E-state index is 0.174. The molecule has 7 heteroatoms. The maximum atomic E-state index is 12.5. The van der Waals surface area contributed by atoms with Gasteiger partial charge in [-0.05, 0) is 73.5 Å². The highest BCUT2D eigenvalue weighted by atomic mass is 35.5. The van der Waals surface area contributed by atoms with Gasteiger partial charge in [-0.2, -0.15) is 0 Å². The zero-order valence-corrected chi connectivity index (χ0v) is 19.2. The summed E-state index contributed by atoms with van der Waals surface area (Å²) in [6.45, 7) is 8.20. The fourth-order valence-electron chi connectivity index (χ4n) is 3.79. The number of hydrogen-bond donors (Lipinski definition) is 1. The third kappa shape index (κ3) is 4.71. The Bertz CT molecular complexity index is 1240. The smallest absolute Gasteiger partial charge is 0.329 e. The zero-order chi connectivity index (χ0) is 23.5. The van der Waals surface area contributed by atoms with Crippen molar-refractivity contribution in [2.75, 3.05) is 6.54 Å². The summed E-state index contributed by atoms with van der Waals surface area (Å²) in [4.78, 5) is 25.7. The summed E-state index contributed by atoms with van der Waals surface area (Å²) in [6, 6.07) is 16.9. The molecule has 0 radical (unpaired) electrons. The van der Waals surface area contributed by atoms with Gasteiger partial charge in [0.05, 0.1) is 0 Å². The van der Waals surface area contributed by atoms with Crippen LogP contribution < -0.4 is 10.1 Å². The average molecular weight is 462 g/mol.